The van der Waals surface area contributed by atoms with Gasteiger partial charge in [-0.15, -0.1) is 0 Å². The van der Waals surface area contributed by atoms with Crippen molar-refractivity contribution < 1.29 is 23.1 Å². The van der Waals surface area contributed by atoms with E-state index in [0.717, 1.165) is 4.90 Å². The van der Waals surface area contributed by atoms with Crippen LogP contribution in [0.3, 0.4) is 0 Å². The predicted molar refractivity (Wildman–Crippen MR) is 178 cm³/mol. The van der Waals surface area contributed by atoms with Gasteiger partial charge in [0.1, 0.15) is 18.5 Å². The van der Waals surface area contributed by atoms with Crippen LogP contribution in [-0.2, 0) is 15.1 Å². The molecule has 15 heteroatoms. The van der Waals surface area contributed by atoms with Gasteiger partial charge >= 0.3 is 6.09 Å². The Morgan fingerprint density at radius 3 is 2.52 bits per heavy atom. The van der Waals surface area contributed by atoms with Gasteiger partial charge in [-0.25, -0.2) is 28.5 Å². The molecule has 1 aromatic heterocycles. The van der Waals surface area contributed by atoms with Crippen LogP contribution in [0.1, 0.15) is 56.8 Å². The number of likely N-dealkylation sites (tertiary alicyclic amines) is 1. The molecule has 0 aliphatic carbocycles. The number of guanidine groups is 1. The molecule has 2 atom stereocenters. The van der Waals surface area contributed by atoms with Gasteiger partial charge in [0, 0.05) is 23.5 Å². The van der Waals surface area contributed by atoms with Crippen LogP contribution in [-0.4, -0.2) is 80.6 Å². The van der Waals surface area contributed by atoms with Crippen molar-refractivity contribution in [2.45, 2.75) is 51.6 Å². The average molecular weight is 680 g/mol. The Bertz CT molecular complexity index is 1760. The van der Waals surface area contributed by atoms with Crippen LogP contribution < -0.4 is 5.32 Å². The lowest BCUT2D eigenvalue weighted by atomic mass is 9.75. The fourth-order valence-electron chi connectivity index (χ4n) is 5.90. The number of amidine groups is 1. The maximum Gasteiger partial charge on any atom is 0.410 e. The zero-order chi connectivity index (χ0) is 34.9. The fourth-order valence-corrected chi connectivity index (χ4v) is 6.10. The number of nitrogens with zero attached hydrogens (tertiary/aromatic N) is 6. The molecule has 0 saturated carbocycles. The number of rotatable bonds is 9. The number of hydrogen-bond donors (Lipinski definition) is 3. The summed E-state index contributed by atoms with van der Waals surface area (Å²) in [5, 5.41) is 19.2. The first kappa shape index (κ1) is 34.4. The van der Waals surface area contributed by atoms with E-state index in [1.54, 1.807) is 55.6 Å². The average Bonchev–Trinajstić information content (AvgIpc) is 3.63. The third-order valence-corrected chi connectivity index (χ3v) is 8.21. The predicted octanol–water partition coefficient (Wildman–Crippen LogP) is 5.93. The van der Waals surface area contributed by atoms with Gasteiger partial charge in [-0.3, -0.25) is 25.1 Å². The van der Waals surface area contributed by atoms with Crippen LogP contribution in [0.25, 0.3) is 11.4 Å². The summed E-state index contributed by atoms with van der Waals surface area (Å²) in [6.45, 7) is 9.42. The summed E-state index contributed by atoms with van der Waals surface area (Å²) in [4.78, 5) is 42.4. The summed E-state index contributed by atoms with van der Waals surface area (Å²) in [5.74, 6) is -2.88. The first-order chi connectivity index (χ1) is 22.7. The fraction of sp³-hybridized carbons (Fsp3) is 0.364. The summed E-state index contributed by atoms with van der Waals surface area (Å²) in [6, 6.07) is 11.0. The monoisotopic (exact) mass is 679 g/mol. The van der Waals surface area contributed by atoms with E-state index >= 15 is 0 Å². The molecule has 3 aromatic rings. The molecule has 252 valence electrons. The van der Waals surface area contributed by atoms with E-state index in [-0.39, 0.29) is 12.4 Å². The van der Waals surface area contributed by atoms with Crippen LogP contribution in [0.2, 0.25) is 5.02 Å². The lowest BCUT2D eigenvalue weighted by molar-refractivity contribution is -0.135. The number of nitrogens with one attached hydrogen (secondary N) is 3. The number of halogens is 3. The van der Waals surface area contributed by atoms with E-state index in [2.05, 4.69) is 37.1 Å². The van der Waals surface area contributed by atoms with E-state index < -0.39 is 54.6 Å². The van der Waals surface area contributed by atoms with Gasteiger partial charge in [0.15, 0.2) is 17.6 Å². The second-order valence-electron chi connectivity index (χ2n) is 12.8. The first-order valence-corrected chi connectivity index (χ1v) is 15.5. The second-order valence-corrected chi connectivity index (χ2v) is 13.2. The molecule has 3 heterocycles. The highest BCUT2D eigenvalue weighted by Crippen LogP contribution is 2.43. The molecular formula is C33H36ClF2N9O3. The Morgan fingerprint density at radius 2 is 1.94 bits per heavy atom. The third-order valence-electron chi connectivity index (χ3n) is 7.88. The lowest BCUT2D eigenvalue weighted by Gasteiger charge is -2.38. The molecule has 0 radical (unpaired) electrons. The largest absolute Gasteiger partial charge is 0.447 e. The van der Waals surface area contributed by atoms with Gasteiger partial charge in [-0.2, -0.15) is 5.10 Å². The molecule has 2 aliphatic heterocycles. The van der Waals surface area contributed by atoms with Crippen LogP contribution in [0.4, 0.5) is 13.6 Å². The number of H-pyrrole nitrogens is 1. The number of alkyl halides is 2. The highest BCUT2D eigenvalue weighted by Gasteiger charge is 2.55. The van der Waals surface area contributed by atoms with Crippen molar-refractivity contribution >= 4 is 41.6 Å². The number of ether oxygens (including phenoxy) is 1. The SMILES string of the molecule is C=C/N=C(\N=C/C)c1ccc([C@@]2(CC(C)(C)C)NC(=N)N([C@H](COC(=O)N3CC(F)(F)C3)c3ccc(Cl)c(-c4ncn[nH]4)c3)C2=O)cc1. The van der Waals surface area contributed by atoms with Crippen molar-refractivity contribution in [3.8, 4) is 11.4 Å². The Kier molecular flexibility index (Phi) is 9.49. The van der Waals surface area contributed by atoms with Crippen LogP contribution in [0, 0.1) is 10.8 Å². The zero-order valence-electron chi connectivity index (χ0n) is 26.9. The molecular weight excluding hydrogens is 644 g/mol. The van der Waals surface area contributed by atoms with Gasteiger partial charge in [0.2, 0.25) is 0 Å². The topological polar surface area (TPSA) is 152 Å². The molecule has 0 bridgehead atoms. The van der Waals surface area contributed by atoms with E-state index in [1.807, 2.05) is 20.8 Å². The van der Waals surface area contributed by atoms with Crippen LogP contribution >= 0.6 is 11.6 Å². The van der Waals surface area contributed by atoms with Gasteiger partial charge < -0.3 is 10.1 Å². The standard InChI is InChI=1S/C33H36ClF2N9O3/c1-6-38-26(39-7-2)20-8-11-22(12-9-20)33(16-31(3,4)5)28(46)45(29(37)42-33)25(15-48-30(47)44-17-32(35,36)18-44)21-10-13-24(34)23(14-21)27-40-19-41-43-27/h6-14,19,25H,1,15-18H2,2-5H3,(H2,37,42)(H,40,41,43)/b38-26-,39-7-/t25-,33-/m1/s1. The Balaban J connectivity index is 1.56. The summed E-state index contributed by atoms with van der Waals surface area (Å²) in [6.07, 6.45) is 3.66. The third kappa shape index (κ3) is 6.98. The number of amides is 2. The molecule has 0 unspecified atom stereocenters. The number of carbonyl (C=O) groups is 2. The van der Waals surface area contributed by atoms with E-state index in [1.165, 1.54) is 17.4 Å². The summed E-state index contributed by atoms with van der Waals surface area (Å²) in [5.41, 5.74) is 0.414. The van der Waals surface area contributed by atoms with Crippen molar-refractivity contribution in [2.24, 2.45) is 15.4 Å². The maximum atomic E-state index is 14.8. The number of aliphatic imine (C=N–C) groups is 2. The minimum atomic E-state index is -2.99. The van der Waals surface area contributed by atoms with Gasteiger partial charge in [0.25, 0.3) is 11.8 Å². The summed E-state index contributed by atoms with van der Waals surface area (Å²) in [7, 11) is 0. The molecule has 2 amide bonds. The molecule has 2 aromatic carbocycles. The molecule has 12 nitrogen and oxygen atoms in total. The molecule has 2 saturated heterocycles. The van der Waals surface area contributed by atoms with Crippen molar-refractivity contribution in [1.29, 1.82) is 5.41 Å². The van der Waals surface area contributed by atoms with Crippen molar-refractivity contribution in [1.82, 2.24) is 30.3 Å². The molecule has 0 spiro atoms. The smallest absolute Gasteiger partial charge is 0.410 e. The summed E-state index contributed by atoms with van der Waals surface area (Å²) >= 11 is 6.50. The van der Waals surface area contributed by atoms with Crippen molar-refractivity contribution in [3.05, 3.63) is 83.3 Å². The van der Waals surface area contributed by atoms with E-state index in [4.69, 9.17) is 21.7 Å². The van der Waals surface area contributed by atoms with Gasteiger partial charge in [-0.05, 0) is 42.0 Å². The van der Waals surface area contributed by atoms with E-state index in [0.29, 0.717) is 38.9 Å². The minimum Gasteiger partial charge on any atom is -0.447 e. The maximum absolute atomic E-state index is 14.8. The molecule has 3 N–H and O–H groups in total. The van der Waals surface area contributed by atoms with Crippen LogP contribution in [0.5, 0.6) is 0 Å². The quantitative estimate of drug-likeness (QED) is 0.188. The molecule has 48 heavy (non-hydrogen) atoms. The normalized spacial score (nSPS) is 20.1. The van der Waals surface area contributed by atoms with Crippen molar-refractivity contribution in [3.63, 3.8) is 0 Å². The number of aromatic amines is 1. The Morgan fingerprint density at radius 1 is 1.23 bits per heavy atom. The first-order valence-electron chi connectivity index (χ1n) is 15.1. The number of carbonyl (C=O) groups excluding carboxylic acids is 2. The Hall–Kier alpha value is -4.98. The minimum absolute atomic E-state index is 0.231. The second kappa shape index (κ2) is 13.3. The zero-order valence-corrected chi connectivity index (χ0v) is 27.7. The van der Waals surface area contributed by atoms with Gasteiger partial charge in [0.05, 0.1) is 24.2 Å². The number of hydrogen-bond acceptors (Lipinski definition) is 7. The Labute approximate surface area is 281 Å². The lowest BCUT2D eigenvalue weighted by Crippen LogP contribution is -2.58. The van der Waals surface area contributed by atoms with Crippen LogP contribution in [0.15, 0.2) is 71.6 Å². The molecule has 2 aliphatic rings. The highest BCUT2D eigenvalue weighted by atomic mass is 35.5. The van der Waals surface area contributed by atoms with Crippen molar-refractivity contribution in [2.75, 3.05) is 19.7 Å². The number of benzene rings is 2. The molecule has 2 fully saturated rings. The van der Waals surface area contributed by atoms with Gasteiger partial charge in [-0.1, -0.05) is 69.3 Å². The number of aromatic nitrogens is 3. The molecule has 5 rings (SSSR count). The summed E-state index contributed by atoms with van der Waals surface area (Å²) < 4.78 is 32.6. The highest BCUT2D eigenvalue weighted by molar-refractivity contribution is 6.33. The van der Waals surface area contributed by atoms with E-state index in [9.17, 15) is 18.4 Å².